The number of ether oxygens (including phenoxy) is 1. The fourth-order valence-corrected chi connectivity index (χ4v) is 5.32. The van der Waals surface area contributed by atoms with Crippen LogP contribution in [0.1, 0.15) is 61.3 Å². The van der Waals surface area contributed by atoms with Crippen molar-refractivity contribution >= 4 is 6.47 Å². The molecule has 4 nitrogen and oxygen atoms in total. The number of nitrogens with zero attached hydrogens (tertiary/aromatic N) is 1. The molecule has 39 heavy (non-hydrogen) atoms. The fraction of sp³-hybridized carbons (Fsp3) is 0.364. The third-order valence-corrected chi connectivity index (χ3v) is 7.33. The van der Waals surface area contributed by atoms with Gasteiger partial charge in [0.05, 0.1) is 0 Å². The van der Waals surface area contributed by atoms with E-state index in [2.05, 4.69) is 35.9 Å². The number of rotatable bonds is 11. The Labute approximate surface area is 231 Å². The molecule has 3 aromatic carbocycles. The minimum absolute atomic E-state index is 0.216. The molecule has 0 unspecified atom stereocenters. The van der Waals surface area contributed by atoms with Gasteiger partial charge < -0.3 is 15.0 Å². The van der Waals surface area contributed by atoms with Crippen molar-refractivity contribution in [3.8, 4) is 0 Å². The van der Waals surface area contributed by atoms with E-state index in [1.165, 1.54) is 24.3 Å². The van der Waals surface area contributed by atoms with Crippen LogP contribution in [0.2, 0.25) is 0 Å². The van der Waals surface area contributed by atoms with E-state index in [-0.39, 0.29) is 17.6 Å². The van der Waals surface area contributed by atoms with E-state index >= 15 is 0 Å². The van der Waals surface area contributed by atoms with Gasteiger partial charge in [-0.2, -0.15) is 0 Å². The van der Waals surface area contributed by atoms with Crippen LogP contribution < -0.4 is 5.32 Å². The van der Waals surface area contributed by atoms with Gasteiger partial charge in [0, 0.05) is 44.1 Å². The molecule has 1 saturated heterocycles. The standard InChI is InChI=1S/C31H34F2N2O2.C2H6/c1-23-6-3-4-7-29(23)31(37-22-36)16-20-35(21-17-31)19-5-18-34-24(2)30(25-8-12-27(32)13-9-25)26-10-14-28(33)15-11-26;1-2/h3-4,6-15,22,30,34H,2,5,16-21H2,1H3;1-2H3. The van der Waals surface area contributed by atoms with Crippen LogP contribution in [0.5, 0.6) is 0 Å². The topological polar surface area (TPSA) is 41.6 Å². The summed E-state index contributed by atoms with van der Waals surface area (Å²) >= 11 is 0. The smallest absolute Gasteiger partial charge is 0.293 e. The van der Waals surface area contributed by atoms with Gasteiger partial charge in [-0.3, -0.25) is 4.79 Å². The van der Waals surface area contributed by atoms with Crippen LogP contribution in [0, 0.1) is 18.6 Å². The maximum Gasteiger partial charge on any atom is 0.293 e. The zero-order valence-electron chi connectivity index (χ0n) is 23.3. The van der Waals surface area contributed by atoms with Crippen molar-refractivity contribution in [2.45, 2.75) is 51.6 Å². The highest BCUT2D eigenvalue weighted by Crippen LogP contribution is 2.38. The highest BCUT2D eigenvalue weighted by molar-refractivity contribution is 5.42. The average Bonchev–Trinajstić information content (AvgIpc) is 2.96. The van der Waals surface area contributed by atoms with Crippen LogP contribution >= 0.6 is 0 Å². The van der Waals surface area contributed by atoms with E-state index in [1.807, 2.05) is 26.0 Å². The van der Waals surface area contributed by atoms with Gasteiger partial charge in [-0.05, 0) is 66.4 Å². The molecular formula is C33H40F2N2O2. The Balaban J connectivity index is 0.00000205. The van der Waals surface area contributed by atoms with Gasteiger partial charge in [0.25, 0.3) is 6.47 Å². The van der Waals surface area contributed by atoms with Crippen molar-refractivity contribution in [3.63, 3.8) is 0 Å². The predicted octanol–water partition coefficient (Wildman–Crippen LogP) is 7.09. The van der Waals surface area contributed by atoms with Crippen molar-refractivity contribution in [2.75, 3.05) is 26.2 Å². The maximum atomic E-state index is 13.5. The van der Waals surface area contributed by atoms with Gasteiger partial charge in [0.1, 0.15) is 17.2 Å². The van der Waals surface area contributed by atoms with E-state index in [9.17, 15) is 13.6 Å². The van der Waals surface area contributed by atoms with Gasteiger partial charge in [-0.1, -0.05) is 69.0 Å². The molecule has 1 heterocycles. The number of carbonyl (C=O) groups is 1. The molecule has 0 aliphatic carbocycles. The molecule has 1 fully saturated rings. The molecule has 3 aromatic rings. The number of hydrogen-bond acceptors (Lipinski definition) is 4. The third kappa shape index (κ3) is 7.76. The lowest BCUT2D eigenvalue weighted by molar-refractivity contribution is -0.150. The fourth-order valence-electron chi connectivity index (χ4n) is 5.32. The second kappa shape index (κ2) is 14.6. The van der Waals surface area contributed by atoms with E-state index in [1.54, 1.807) is 24.3 Å². The first-order valence-electron chi connectivity index (χ1n) is 13.8. The highest BCUT2D eigenvalue weighted by atomic mass is 19.1. The minimum Gasteiger partial charge on any atom is -0.456 e. The maximum absolute atomic E-state index is 13.5. The normalized spacial score (nSPS) is 14.7. The number of allylic oxidation sites excluding steroid dienone is 1. The first kappa shape index (κ1) is 30.0. The Morgan fingerprint density at radius 3 is 2.03 bits per heavy atom. The second-order valence-corrected chi connectivity index (χ2v) is 9.71. The molecule has 0 radical (unpaired) electrons. The summed E-state index contributed by atoms with van der Waals surface area (Å²) in [6.45, 7) is 14.2. The molecule has 0 aromatic heterocycles. The largest absolute Gasteiger partial charge is 0.456 e. The zero-order chi connectivity index (χ0) is 28.3. The molecule has 0 atom stereocenters. The number of nitrogens with one attached hydrogen (secondary N) is 1. The molecule has 1 N–H and O–H groups in total. The predicted molar refractivity (Wildman–Crippen MR) is 153 cm³/mol. The van der Waals surface area contributed by atoms with Crippen LogP contribution in [0.3, 0.4) is 0 Å². The minimum atomic E-state index is -0.562. The third-order valence-electron chi connectivity index (χ3n) is 7.33. The van der Waals surface area contributed by atoms with Crippen LogP contribution in [0.25, 0.3) is 0 Å². The Kier molecular flexibility index (Phi) is 11.2. The molecule has 0 spiro atoms. The molecule has 4 rings (SSSR count). The van der Waals surface area contributed by atoms with Crippen LogP contribution in [-0.4, -0.2) is 37.6 Å². The van der Waals surface area contributed by atoms with Crippen molar-refractivity contribution in [2.24, 2.45) is 0 Å². The molecule has 6 heteroatoms. The van der Waals surface area contributed by atoms with Gasteiger partial charge in [-0.25, -0.2) is 8.78 Å². The monoisotopic (exact) mass is 534 g/mol. The number of piperidine rings is 1. The lowest BCUT2D eigenvalue weighted by Gasteiger charge is -2.41. The van der Waals surface area contributed by atoms with Gasteiger partial charge >= 0.3 is 0 Å². The van der Waals surface area contributed by atoms with E-state index in [0.717, 1.165) is 73.4 Å². The number of benzene rings is 3. The lowest BCUT2D eigenvalue weighted by atomic mass is 9.82. The summed E-state index contributed by atoms with van der Waals surface area (Å²) in [6, 6.07) is 20.8. The summed E-state index contributed by atoms with van der Waals surface area (Å²) in [5, 5.41) is 3.44. The Morgan fingerprint density at radius 2 is 1.51 bits per heavy atom. The summed E-state index contributed by atoms with van der Waals surface area (Å²) in [4.78, 5) is 13.7. The lowest BCUT2D eigenvalue weighted by Crippen LogP contribution is -2.45. The molecule has 208 valence electrons. The highest BCUT2D eigenvalue weighted by Gasteiger charge is 2.38. The molecule has 0 saturated carbocycles. The SMILES string of the molecule is C=C(NCCCN1CCC(OC=O)(c2ccccc2C)CC1)C(c1ccc(F)cc1)c1ccc(F)cc1.CC. The number of likely N-dealkylation sites (tertiary alicyclic amines) is 1. The van der Waals surface area contributed by atoms with Crippen molar-refractivity contribution in [1.82, 2.24) is 10.2 Å². The number of aryl methyl sites for hydroxylation is 1. The molecule has 0 bridgehead atoms. The van der Waals surface area contributed by atoms with Gasteiger partial charge in [0.2, 0.25) is 0 Å². The first-order chi connectivity index (χ1) is 18.9. The summed E-state index contributed by atoms with van der Waals surface area (Å²) in [7, 11) is 0. The molecule has 1 aliphatic rings. The van der Waals surface area contributed by atoms with E-state index in [0.29, 0.717) is 6.47 Å². The van der Waals surface area contributed by atoms with Gasteiger partial charge in [0.15, 0.2) is 0 Å². The van der Waals surface area contributed by atoms with Crippen LogP contribution in [-0.2, 0) is 15.1 Å². The number of hydrogen-bond donors (Lipinski definition) is 1. The zero-order valence-corrected chi connectivity index (χ0v) is 23.3. The summed E-state index contributed by atoms with van der Waals surface area (Å²) in [6.07, 6.45) is 2.42. The average molecular weight is 535 g/mol. The van der Waals surface area contributed by atoms with Crippen molar-refractivity contribution in [1.29, 1.82) is 0 Å². The summed E-state index contributed by atoms with van der Waals surface area (Å²) in [5.41, 5.74) is 4.24. The van der Waals surface area contributed by atoms with E-state index in [4.69, 9.17) is 4.74 Å². The van der Waals surface area contributed by atoms with Crippen molar-refractivity contribution in [3.05, 3.63) is 119 Å². The van der Waals surface area contributed by atoms with Crippen LogP contribution in [0.4, 0.5) is 8.78 Å². The Morgan fingerprint density at radius 1 is 0.974 bits per heavy atom. The quantitative estimate of drug-likeness (QED) is 0.211. The van der Waals surface area contributed by atoms with Crippen LogP contribution in [0.15, 0.2) is 85.1 Å². The first-order valence-corrected chi connectivity index (χ1v) is 13.8. The van der Waals surface area contributed by atoms with Crippen molar-refractivity contribution < 1.29 is 18.3 Å². The number of halogens is 2. The molecule has 1 aliphatic heterocycles. The van der Waals surface area contributed by atoms with Gasteiger partial charge in [-0.15, -0.1) is 0 Å². The summed E-state index contributed by atoms with van der Waals surface area (Å²) in [5.74, 6) is -0.815. The molecular weight excluding hydrogens is 494 g/mol. The Hall–Kier alpha value is -3.51. The van der Waals surface area contributed by atoms with E-state index < -0.39 is 5.60 Å². The molecule has 0 amide bonds. The Bertz CT molecular complexity index is 1140. The number of carbonyl (C=O) groups excluding carboxylic acids is 1. The summed E-state index contributed by atoms with van der Waals surface area (Å²) < 4.78 is 32.7. The second-order valence-electron chi connectivity index (χ2n) is 9.71.